The molecule has 3 N–H and O–H groups in total. The number of alkyl halides is 3. The molecule has 0 fully saturated rings. The SMILES string of the molecule is Cn1cc(Sc2ccc(C(F)(F)F)c(C(=N)N)c2)cn1. The molecule has 0 saturated heterocycles. The highest BCUT2D eigenvalue weighted by Gasteiger charge is 2.34. The Bertz CT molecular complexity index is 648. The fourth-order valence-corrected chi connectivity index (χ4v) is 2.53. The summed E-state index contributed by atoms with van der Waals surface area (Å²) in [4.78, 5) is 1.36. The number of halogens is 3. The van der Waals surface area contributed by atoms with Crippen molar-refractivity contribution in [2.24, 2.45) is 12.8 Å². The summed E-state index contributed by atoms with van der Waals surface area (Å²) in [7, 11) is 1.75. The van der Waals surface area contributed by atoms with Crippen molar-refractivity contribution in [1.82, 2.24) is 9.78 Å². The van der Waals surface area contributed by atoms with Crippen LogP contribution in [0, 0.1) is 5.41 Å². The average Bonchev–Trinajstić information content (AvgIpc) is 2.73. The fourth-order valence-electron chi connectivity index (χ4n) is 1.64. The largest absolute Gasteiger partial charge is 0.417 e. The molecule has 0 unspecified atom stereocenters. The van der Waals surface area contributed by atoms with Crippen LogP contribution in [-0.2, 0) is 13.2 Å². The number of nitrogens with one attached hydrogen (secondary N) is 1. The van der Waals surface area contributed by atoms with Gasteiger partial charge in [-0.3, -0.25) is 10.1 Å². The summed E-state index contributed by atoms with van der Waals surface area (Å²) in [6, 6.07) is 3.56. The van der Waals surface area contributed by atoms with Crippen LogP contribution in [0.1, 0.15) is 11.1 Å². The van der Waals surface area contributed by atoms with Crippen molar-refractivity contribution >= 4 is 17.6 Å². The minimum absolute atomic E-state index is 0.314. The number of hydrogen-bond donors (Lipinski definition) is 2. The van der Waals surface area contributed by atoms with E-state index in [0.717, 1.165) is 11.0 Å². The summed E-state index contributed by atoms with van der Waals surface area (Å²) < 4.78 is 40.0. The molecule has 0 aliphatic heterocycles. The van der Waals surface area contributed by atoms with Crippen molar-refractivity contribution in [1.29, 1.82) is 5.41 Å². The lowest BCUT2D eigenvalue weighted by atomic mass is 10.1. The van der Waals surface area contributed by atoms with Crippen molar-refractivity contribution in [3.63, 3.8) is 0 Å². The van der Waals surface area contributed by atoms with Crippen molar-refractivity contribution in [3.05, 3.63) is 41.7 Å². The predicted octanol–water partition coefficient (Wildman–Crippen LogP) is 2.87. The highest BCUT2D eigenvalue weighted by atomic mass is 32.2. The van der Waals surface area contributed by atoms with Crippen molar-refractivity contribution in [3.8, 4) is 0 Å². The number of rotatable bonds is 3. The third-order valence-electron chi connectivity index (χ3n) is 2.50. The molecule has 1 heterocycles. The van der Waals surface area contributed by atoms with Crippen molar-refractivity contribution < 1.29 is 13.2 Å². The molecule has 0 atom stereocenters. The van der Waals surface area contributed by atoms with E-state index in [4.69, 9.17) is 11.1 Å². The number of aromatic nitrogens is 2. The zero-order valence-corrected chi connectivity index (χ0v) is 11.2. The molecular weight excluding hydrogens is 289 g/mol. The van der Waals surface area contributed by atoms with E-state index in [1.54, 1.807) is 24.1 Å². The Labute approximate surface area is 117 Å². The average molecular weight is 300 g/mol. The van der Waals surface area contributed by atoms with Gasteiger partial charge in [0.2, 0.25) is 0 Å². The molecule has 0 radical (unpaired) electrons. The Morgan fingerprint density at radius 2 is 2.05 bits per heavy atom. The normalized spacial score (nSPS) is 11.6. The van der Waals surface area contributed by atoms with Crippen LogP contribution in [0.2, 0.25) is 0 Å². The van der Waals surface area contributed by atoms with Gasteiger partial charge in [-0.1, -0.05) is 11.8 Å². The smallest absolute Gasteiger partial charge is 0.384 e. The first kappa shape index (κ1) is 14.4. The molecule has 2 aromatic rings. The Morgan fingerprint density at radius 1 is 1.35 bits per heavy atom. The minimum Gasteiger partial charge on any atom is -0.384 e. The molecule has 0 amide bonds. The molecule has 106 valence electrons. The first-order chi connectivity index (χ1) is 9.27. The molecular formula is C12H11F3N4S. The summed E-state index contributed by atoms with van der Waals surface area (Å²) in [5, 5.41) is 11.3. The number of nitrogens with two attached hydrogens (primary N) is 1. The van der Waals surface area contributed by atoms with Crippen LogP contribution in [0.25, 0.3) is 0 Å². The molecule has 0 aliphatic carbocycles. The van der Waals surface area contributed by atoms with E-state index in [0.29, 0.717) is 4.90 Å². The van der Waals surface area contributed by atoms with Gasteiger partial charge in [0.25, 0.3) is 0 Å². The molecule has 20 heavy (non-hydrogen) atoms. The molecule has 2 rings (SSSR count). The van der Waals surface area contributed by atoms with E-state index in [-0.39, 0.29) is 5.56 Å². The van der Waals surface area contributed by atoms with E-state index in [1.165, 1.54) is 23.9 Å². The first-order valence-electron chi connectivity index (χ1n) is 5.49. The topological polar surface area (TPSA) is 67.7 Å². The highest BCUT2D eigenvalue weighted by molar-refractivity contribution is 7.99. The number of benzene rings is 1. The molecule has 1 aromatic carbocycles. The van der Waals surface area contributed by atoms with Crippen LogP contribution in [0.15, 0.2) is 40.4 Å². The zero-order chi connectivity index (χ0) is 14.9. The van der Waals surface area contributed by atoms with Gasteiger partial charge in [-0.15, -0.1) is 0 Å². The maximum atomic E-state index is 12.8. The maximum absolute atomic E-state index is 12.8. The predicted molar refractivity (Wildman–Crippen MR) is 69.8 cm³/mol. The maximum Gasteiger partial charge on any atom is 0.417 e. The van der Waals surface area contributed by atoms with Crippen LogP contribution in [0.3, 0.4) is 0 Å². The van der Waals surface area contributed by atoms with Crippen LogP contribution in [0.4, 0.5) is 13.2 Å². The fraction of sp³-hybridized carbons (Fsp3) is 0.167. The zero-order valence-electron chi connectivity index (χ0n) is 10.4. The second-order valence-corrected chi connectivity index (χ2v) is 5.22. The van der Waals surface area contributed by atoms with Gasteiger partial charge in [0, 0.05) is 23.7 Å². The standard InChI is InChI=1S/C12H11F3N4S/c1-19-6-8(5-18-19)20-7-2-3-10(12(13,14)15)9(4-7)11(16)17/h2-6H,1H3,(H3,16,17). The molecule has 4 nitrogen and oxygen atoms in total. The Morgan fingerprint density at radius 3 is 2.55 bits per heavy atom. The van der Waals surface area contributed by atoms with Gasteiger partial charge < -0.3 is 5.73 Å². The molecule has 0 bridgehead atoms. The summed E-state index contributed by atoms with van der Waals surface area (Å²) in [6.07, 6.45) is -1.18. The van der Waals surface area contributed by atoms with Gasteiger partial charge in [-0.2, -0.15) is 18.3 Å². The van der Waals surface area contributed by atoms with Crippen LogP contribution in [0.5, 0.6) is 0 Å². The van der Waals surface area contributed by atoms with E-state index < -0.39 is 17.6 Å². The number of aryl methyl sites for hydroxylation is 1. The first-order valence-corrected chi connectivity index (χ1v) is 6.31. The number of hydrogen-bond acceptors (Lipinski definition) is 3. The van der Waals surface area contributed by atoms with Crippen LogP contribution in [-0.4, -0.2) is 15.6 Å². The summed E-state index contributed by atoms with van der Waals surface area (Å²) in [5.74, 6) is -0.606. The summed E-state index contributed by atoms with van der Waals surface area (Å²) >= 11 is 1.26. The van der Waals surface area contributed by atoms with Gasteiger partial charge in [-0.05, 0) is 18.2 Å². The Hall–Kier alpha value is -1.96. The van der Waals surface area contributed by atoms with Crippen molar-refractivity contribution in [2.75, 3.05) is 0 Å². The molecule has 0 spiro atoms. The van der Waals surface area contributed by atoms with Crippen LogP contribution >= 0.6 is 11.8 Å². The Balaban J connectivity index is 2.38. The van der Waals surface area contributed by atoms with E-state index in [9.17, 15) is 13.2 Å². The number of nitrogen functional groups attached to an aromatic ring is 1. The number of nitrogens with zero attached hydrogens (tertiary/aromatic N) is 2. The molecule has 0 aliphatic rings. The lowest BCUT2D eigenvalue weighted by Gasteiger charge is -2.13. The van der Waals surface area contributed by atoms with E-state index in [2.05, 4.69) is 5.10 Å². The lowest BCUT2D eigenvalue weighted by molar-refractivity contribution is -0.137. The second kappa shape index (κ2) is 5.20. The summed E-state index contributed by atoms with van der Waals surface area (Å²) in [5.41, 5.74) is 4.02. The Kier molecular flexibility index (Phi) is 3.76. The lowest BCUT2D eigenvalue weighted by Crippen LogP contribution is -2.18. The second-order valence-electron chi connectivity index (χ2n) is 4.07. The van der Waals surface area contributed by atoms with Crippen LogP contribution < -0.4 is 5.73 Å². The molecule has 8 heteroatoms. The summed E-state index contributed by atoms with van der Waals surface area (Å²) in [6.45, 7) is 0. The van der Waals surface area contributed by atoms with Gasteiger partial charge in [-0.25, -0.2) is 0 Å². The molecule has 1 aromatic heterocycles. The van der Waals surface area contributed by atoms with Gasteiger partial charge in [0.05, 0.1) is 16.7 Å². The third kappa shape index (κ3) is 3.13. The van der Waals surface area contributed by atoms with Gasteiger partial charge in [0.15, 0.2) is 0 Å². The minimum atomic E-state index is -4.53. The van der Waals surface area contributed by atoms with Gasteiger partial charge in [0.1, 0.15) is 5.84 Å². The van der Waals surface area contributed by atoms with Crippen molar-refractivity contribution in [2.45, 2.75) is 16.0 Å². The number of amidine groups is 1. The van der Waals surface area contributed by atoms with E-state index in [1.807, 2.05) is 0 Å². The third-order valence-corrected chi connectivity index (χ3v) is 3.44. The monoisotopic (exact) mass is 300 g/mol. The molecule has 0 saturated carbocycles. The van der Waals surface area contributed by atoms with Gasteiger partial charge >= 0.3 is 6.18 Å². The highest BCUT2D eigenvalue weighted by Crippen LogP contribution is 2.35. The quantitative estimate of drug-likeness (QED) is 0.676. The van der Waals surface area contributed by atoms with E-state index >= 15 is 0 Å².